The number of aromatic nitrogens is 1. The van der Waals surface area contributed by atoms with Crippen LogP contribution in [0.15, 0.2) is 29.3 Å². The minimum atomic E-state index is -0.320. The van der Waals surface area contributed by atoms with Crippen molar-refractivity contribution < 1.29 is 14.3 Å². The molecular formula is C23H32N4O3S. The first-order chi connectivity index (χ1) is 15.0. The van der Waals surface area contributed by atoms with Gasteiger partial charge in [-0.15, -0.1) is 11.3 Å². The van der Waals surface area contributed by atoms with E-state index in [0.29, 0.717) is 35.6 Å². The molecule has 8 heteroatoms. The van der Waals surface area contributed by atoms with Gasteiger partial charge in [0.05, 0.1) is 31.5 Å². The van der Waals surface area contributed by atoms with Gasteiger partial charge in [0, 0.05) is 12.1 Å². The molecule has 31 heavy (non-hydrogen) atoms. The quantitative estimate of drug-likeness (QED) is 0.324. The fourth-order valence-corrected chi connectivity index (χ4v) is 3.97. The minimum absolute atomic E-state index is 0.106. The van der Waals surface area contributed by atoms with Gasteiger partial charge in [-0.3, -0.25) is 0 Å². The van der Waals surface area contributed by atoms with Gasteiger partial charge in [-0.05, 0) is 52.5 Å². The molecule has 0 aliphatic heterocycles. The van der Waals surface area contributed by atoms with Crippen LogP contribution in [0.3, 0.4) is 0 Å². The maximum Gasteiger partial charge on any atom is 0.350 e. The first-order valence-electron chi connectivity index (χ1n) is 10.9. The monoisotopic (exact) mass is 444 g/mol. The van der Waals surface area contributed by atoms with Crippen molar-refractivity contribution in [3.05, 3.63) is 45.4 Å². The number of ether oxygens (including phenoxy) is 2. The van der Waals surface area contributed by atoms with Crippen LogP contribution in [0.1, 0.15) is 65.6 Å². The summed E-state index contributed by atoms with van der Waals surface area (Å²) >= 11 is 1.36. The van der Waals surface area contributed by atoms with Crippen molar-refractivity contribution >= 4 is 23.3 Å². The third-order valence-corrected chi connectivity index (χ3v) is 6.21. The second-order valence-electron chi connectivity index (χ2n) is 7.61. The number of nitrogens with zero attached hydrogens (tertiary/aromatic N) is 2. The van der Waals surface area contributed by atoms with Crippen LogP contribution in [0.2, 0.25) is 0 Å². The van der Waals surface area contributed by atoms with Crippen LogP contribution >= 0.6 is 11.3 Å². The summed E-state index contributed by atoms with van der Waals surface area (Å²) in [6.45, 7) is 10.0. The molecule has 2 N–H and O–H groups in total. The summed E-state index contributed by atoms with van der Waals surface area (Å²) in [5, 5.41) is 7.49. The van der Waals surface area contributed by atoms with E-state index in [0.717, 1.165) is 29.5 Å². The number of hydrogen-bond donors (Lipinski definition) is 2. The third-order valence-electron chi connectivity index (χ3n) is 4.89. The summed E-state index contributed by atoms with van der Waals surface area (Å²) in [5.41, 5.74) is 1.75. The van der Waals surface area contributed by atoms with E-state index in [9.17, 15) is 4.79 Å². The van der Waals surface area contributed by atoms with Crippen molar-refractivity contribution in [1.82, 2.24) is 15.6 Å². The molecule has 0 radical (unpaired) electrons. The fraction of sp³-hybridized carbons (Fsp3) is 0.522. The number of carbonyl (C=O) groups excluding carboxylic acids is 1. The number of thiazole rings is 1. The number of rotatable bonds is 10. The molecule has 1 aliphatic rings. The van der Waals surface area contributed by atoms with E-state index in [1.807, 2.05) is 39.0 Å². The van der Waals surface area contributed by atoms with Crippen LogP contribution in [0.25, 0.3) is 0 Å². The van der Waals surface area contributed by atoms with Crippen LogP contribution < -0.4 is 15.4 Å². The molecule has 1 aromatic heterocycles. The highest BCUT2D eigenvalue weighted by Gasteiger charge is 2.22. The number of nitrogens with one attached hydrogen (secondary N) is 2. The Morgan fingerprint density at radius 3 is 2.81 bits per heavy atom. The summed E-state index contributed by atoms with van der Waals surface area (Å²) in [6.07, 6.45) is 2.53. The van der Waals surface area contributed by atoms with Crippen molar-refractivity contribution in [3.8, 4) is 5.75 Å². The Bertz CT molecular complexity index is 908. The summed E-state index contributed by atoms with van der Waals surface area (Å²) in [6, 6.07) is 7.95. The van der Waals surface area contributed by atoms with Gasteiger partial charge < -0.3 is 20.1 Å². The van der Waals surface area contributed by atoms with E-state index in [-0.39, 0.29) is 12.0 Å². The highest BCUT2D eigenvalue weighted by Crippen LogP contribution is 2.30. The zero-order chi connectivity index (χ0) is 22.2. The molecule has 0 amide bonds. The van der Waals surface area contributed by atoms with Crippen LogP contribution in [-0.2, 0) is 11.3 Å². The maximum absolute atomic E-state index is 12.1. The zero-order valence-electron chi connectivity index (χ0n) is 18.7. The predicted molar refractivity (Wildman–Crippen MR) is 124 cm³/mol. The standard InChI is InChI=1S/C23H32N4O3S/c1-5-24-23(25-13-18-9-7-8-10-19(18)30-14-17-11-12-17)27-16(4)21-26-15(3)20(31-21)22(28)29-6-2/h7-10,16-17H,5-6,11-14H2,1-4H3,(H2,24,25,27). The van der Waals surface area contributed by atoms with Crippen LogP contribution in [0.5, 0.6) is 5.75 Å². The van der Waals surface area contributed by atoms with Crippen LogP contribution in [0, 0.1) is 12.8 Å². The molecule has 1 aliphatic carbocycles. The fourth-order valence-electron chi connectivity index (χ4n) is 3.01. The smallest absolute Gasteiger partial charge is 0.350 e. The van der Waals surface area contributed by atoms with E-state index in [1.54, 1.807) is 6.92 Å². The molecule has 2 aromatic rings. The molecule has 1 unspecified atom stereocenters. The topological polar surface area (TPSA) is 84.8 Å². The van der Waals surface area contributed by atoms with Gasteiger partial charge in [0.25, 0.3) is 0 Å². The van der Waals surface area contributed by atoms with Gasteiger partial charge in [0.1, 0.15) is 15.6 Å². The number of guanidine groups is 1. The average molecular weight is 445 g/mol. The molecule has 0 spiro atoms. The first-order valence-corrected chi connectivity index (χ1v) is 11.7. The Kier molecular flexibility index (Phi) is 8.28. The first kappa shape index (κ1) is 23.1. The van der Waals surface area contributed by atoms with E-state index in [4.69, 9.17) is 14.5 Å². The summed E-state index contributed by atoms with van der Waals surface area (Å²) in [5.74, 6) is 1.98. The number of benzene rings is 1. The number of carbonyl (C=O) groups is 1. The molecule has 0 saturated heterocycles. The molecule has 168 valence electrons. The van der Waals surface area contributed by atoms with E-state index >= 15 is 0 Å². The minimum Gasteiger partial charge on any atom is -0.493 e. The Balaban J connectivity index is 1.67. The van der Waals surface area contributed by atoms with Gasteiger partial charge >= 0.3 is 5.97 Å². The van der Waals surface area contributed by atoms with E-state index in [1.165, 1.54) is 24.2 Å². The van der Waals surface area contributed by atoms with Gasteiger partial charge in [-0.2, -0.15) is 0 Å². The summed E-state index contributed by atoms with van der Waals surface area (Å²) in [4.78, 5) is 22.0. The van der Waals surface area contributed by atoms with Crippen molar-refractivity contribution in [2.24, 2.45) is 10.9 Å². The number of hydrogen-bond acceptors (Lipinski definition) is 6. The lowest BCUT2D eigenvalue weighted by Crippen LogP contribution is -2.38. The normalized spacial score (nSPS) is 14.8. The molecule has 1 heterocycles. The number of aliphatic imine (C=N–C) groups is 1. The zero-order valence-corrected chi connectivity index (χ0v) is 19.6. The molecule has 1 aromatic carbocycles. The SMILES string of the molecule is CCNC(=NCc1ccccc1OCC1CC1)NC(C)c1nc(C)c(C(=O)OCC)s1. The Hall–Kier alpha value is -2.61. The molecule has 1 atom stereocenters. The Morgan fingerprint density at radius 2 is 2.10 bits per heavy atom. The molecule has 1 saturated carbocycles. The van der Waals surface area contributed by atoms with Gasteiger partial charge in [0.15, 0.2) is 5.96 Å². The molecule has 3 rings (SSSR count). The predicted octanol–water partition coefficient (Wildman–Crippen LogP) is 4.23. The number of esters is 1. The Morgan fingerprint density at radius 1 is 1.32 bits per heavy atom. The lowest BCUT2D eigenvalue weighted by molar-refractivity contribution is 0.0531. The lowest BCUT2D eigenvalue weighted by Gasteiger charge is -2.16. The molecule has 7 nitrogen and oxygen atoms in total. The van der Waals surface area contributed by atoms with Crippen molar-refractivity contribution in [2.45, 2.75) is 53.1 Å². The van der Waals surface area contributed by atoms with Gasteiger partial charge in [-0.1, -0.05) is 18.2 Å². The van der Waals surface area contributed by atoms with E-state index in [2.05, 4.69) is 21.7 Å². The second kappa shape index (κ2) is 11.1. The van der Waals surface area contributed by atoms with Crippen LogP contribution in [0.4, 0.5) is 0 Å². The maximum atomic E-state index is 12.1. The highest BCUT2D eigenvalue weighted by atomic mass is 32.1. The lowest BCUT2D eigenvalue weighted by atomic mass is 10.2. The van der Waals surface area contributed by atoms with Crippen LogP contribution in [-0.4, -0.2) is 36.7 Å². The summed E-state index contributed by atoms with van der Waals surface area (Å²) < 4.78 is 11.1. The number of aryl methyl sites for hydroxylation is 1. The van der Waals surface area contributed by atoms with Crippen molar-refractivity contribution in [1.29, 1.82) is 0 Å². The molecule has 0 bridgehead atoms. The Labute approximate surface area is 188 Å². The van der Waals surface area contributed by atoms with Crippen molar-refractivity contribution in [2.75, 3.05) is 19.8 Å². The van der Waals surface area contributed by atoms with Gasteiger partial charge in [-0.25, -0.2) is 14.8 Å². The second-order valence-corrected chi connectivity index (χ2v) is 8.64. The summed E-state index contributed by atoms with van der Waals surface area (Å²) in [7, 11) is 0. The van der Waals surface area contributed by atoms with Gasteiger partial charge in [0.2, 0.25) is 0 Å². The molecule has 1 fully saturated rings. The largest absolute Gasteiger partial charge is 0.493 e. The number of para-hydroxylation sites is 1. The average Bonchev–Trinajstić information content (AvgIpc) is 3.50. The van der Waals surface area contributed by atoms with Crippen molar-refractivity contribution in [3.63, 3.8) is 0 Å². The third kappa shape index (κ3) is 6.69. The molecular weight excluding hydrogens is 412 g/mol. The van der Waals surface area contributed by atoms with E-state index < -0.39 is 0 Å². The highest BCUT2D eigenvalue weighted by molar-refractivity contribution is 7.13.